The maximum Gasteiger partial charge on any atom is 0.264 e. The number of hydrogen-bond acceptors (Lipinski definition) is 6. The first-order chi connectivity index (χ1) is 19.3. The van der Waals surface area contributed by atoms with E-state index < -0.39 is 34.1 Å². The summed E-state index contributed by atoms with van der Waals surface area (Å²) in [7, 11) is -1.27. The highest BCUT2D eigenvalue weighted by Crippen LogP contribution is 2.34. The average Bonchev–Trinajstić information content (AvgIpc) is 2.93. The van der Waals surface area contributed by atoms with E-state index >= 15 is 0 Å². The summed E-state index contributed by atoms with van der Waals surface area (Å²) in [5.74, 6) is -0.173. The number of hydrogen-bond donors (Lipinski definition) is 1. The van der Waals surface area contributed by atoms with Crippen LogP contribution in [0.1, 0.15) is 38.8 Å². The van der Waals surface area contributed by atoms with Gasteiger partial charge in [0.2, 0.25) is 11.8 Å². The first-order valence-corrected chi connectivity index (χ1v) is 14.7. The molecule has 9 nitrogen and oxygen atoms in total. The minimum absolute atomic E-state index is 0.0198. The van der Waals surface area contributed by atoms with Gasteiger partial charge in [-0.3, -0.25) is 13.9 Å². The molecule has 1 N–H and O–H groups in total. The molecule has 0 aliphatic carbocycles. The number of carbonyl (C=O) groups is 2. The zero-order valence-corrected chi connectivity index (χ0v) is 25.5. The van der Waals surface area contributed by atoms with Gasteiger partial charge in [-0.25, -0.2) is 8.42 Å². The average molecular weight is 582 g/mol. The number of benzene rings is 3. The van der Waals surface area contributed by atoms with Crippen LogP contribution in [0.25, 0.3) is 0 Å². The van der Waals surface area contributed by atoms with Crippen LogP contribution in [0.2, 0.25) is 0 Å². The topological polar surface area (TPSA) is 105 Å². The quantitative estimate of drug-likeness (QED) is 0.357. The van der Waals surface area contributed by atoms with Crippen LogP contribution in [-0.2, 0) is 26.2 Å². The molecular weight excluding hydrogens is 542 g/mol. The first-order valence-electron chi connectivity index (χ1n) is 13.2. The Balaban J connectivity index is 2.09. The molecule has 0 spiro atoms. The Morgan fingerprint density at radius 2 is 1.56 bits per heavy atom. The third kappa shape index (κ3) is 8.00. The molecule has 10 heteroatoms. The molecule has 0 bridgehead atoms. The van der Waals surface area contributed by atoms with E-state index in [1.165, 1.54) is 37.3 Å². The molecular formula is C31H39N3O6S. The highest BCUT2D eigenvalue weighted by molar-refractivity contribution is 7.92. The third-order valence-electron chi connectivity index (χ3n) is 6.37. The second-order valence-corrected chi connectivity index (χ2v) is 12.7. The zero-order valence-electron chi connectivity index (χ0n) is 24.7. The van der Waals surface area contributed by atoms with Gasteiger partial charge >= 0.3 is 0 Å². The Morgan fingerprint density at radius 1 is 0.902 bits per heavy atom. The normalized spacial score (nSPS) is 12.3. The van der Waals surface area contributed by atoms with E-state index in [1.807, 2.05) is 52.0 Å². The minimum Gasteiger partial charge on any atom is -0.493 e. The highest BCUT2D eigenvalue weighted by Gasteiger charge is 2.33. The number of aryl methyl sites for hydroxylation is 1. The van der Waals surface area contributed by atoms with E-state index in [4.69, 9.17) is 9.47 Å². The molecule has 0 heterocycles. The number of nitrogens with zero attached hydrogens (tertiary/aromatic N) is 2. The van der Waals surface area contributed by atoms with Gasteiger partial charge in [-0.1, -0.05) is 48.0 Å². The van der Waals surface area contributed by atoms with E-state index in [-0.39, 0.29) is 23.0 Å². The summed E-state index contributed by atoms with van der Waals surface area (Å²) in [5.41, 5.74) is 1.51. The van der Waals surface area contributed by atoms with E-state index in [9.17, 15) is 18.0 Å². The molecule has 0 saturated carbocycles. The predicted octanol–water partition coefficient (Wildman–Crippen LogP) is 4.54. The minimum atomic E-state index is -4.19. The predicted molar refractivity (Wildman–Crippen MR) is 160 cm³/mol. The Hall–Kier alpha value is -4.05. The molecule has 2 amide bonds. The number of sulfonamides is 1. The molecule has 3 aromatic rings. The third-order valence-corrected chi connectivity index (χ3v) is 8.15. The number of rotatable bonds is 11. The SMILES string of the molecule is COc1ccc(N(CC(=O)N(Cc2cccc(C)c2)[C@H](C)C(=O)NC(C)(C)C)S(=O)(=O)c2ccccc2)cc1OC. The lowest BCUT2D eigenvalue weighted by Gasteiger charge is -2.33. The maximum absolute atomic E-state index is 14.1. The van der Waals surface area contributed by atoms with Crippen molar-refractivity contribution in [2.45, 2.75) is 57.6 Å². The van der Waals surface area contributed by atoms with Crippen molar-refractivity contribution in [1.82, 2.24) is 10.2 Å². The number of nitrogens with one attached hydrogen (secondary N) is 1. The van der Waals surface area contributed by atoms with Crippen molar-refractivity contribution >= 4 is 27.5 Å². The molecule has 220 valence electrons. The molecule has 0 aromatic heterocycles. The summed E-state index contributed by atoms with van der Waals surface area (Å²) in [4.78, 5) is 28.7. The molecule has 1 atom stereocenters. The van der Waals surface area contributed by atoms with Crippen molar-refractivity contribution in [1.29, 1.82) is 0 Å². The number of amides is 2. The Bertz CT molecular complexity index is 1470. The second-order valence-electron chi connectivity index (χ2n) is 10.8. The van der Waals surface area contributed by atoms with E-state index in [2.05, 4.69) is 5.32 Å². The zero-order chi connectivity index (χ0) is 30.4. The second kappa shape index (κ2) is 13.1. The van der Waals surface area contributed by atoms with Gasteiger partial charge in [-0.2, -0.15) is 0 Å². The maximum atomic E-state index is 14.1. The molecule has 0 aliphatic heterocycles. The van der Waals surface area contributed by atoms with Crippen molar-refractivity contribution in [3.8, 4) is 11.5 Å². The van der Waals surface area contributed by atoms with Crippen LogP contribution in [0.5, 0.6) is 11.5 Å². The van der Waals surface area contributed by atoms with Crippen molar-refractivity contribution < 1.29 is 27.5 Å². The standard InChI is InChI=1S/C31H39N3O6S/c1-22-12-11-13-24(18-22)20-33(23(2)30(36)32-31(3,4)5)29(35)21-34(41(37,38)26-14-9-8-10-15-26)25-16-17-27(39-6)28(19-25)40-7/h8-19,23H,20-21H2,1-7H3,(H,32,36)/t23-/m1/s1. The smallest absolute Gasteiger partial charge is 0.264 e. The van der Waals surface area contributed by atoms with Gasteiger partial charge in [0.05, 0.1) is 24.8 Å². The molecule has 3 rings (SSSR count). The summed E-state index contributed by atoms with van der Waals surface area (Å²) in [6.45, 7) is 8.72. The number of ether oxygens (including phenoxy) is 2. The number of methoxy groups -OCH3 is 2. The van der Waals surface area contributed by atoms with Crippen LogP contribution in [0, 0.1) is 6.92 Å². The van der Waals surface area contributed by atoms with Gasteiger partial charge in [0.1, 0.15) is 12.6 Å². The lowest BCUT2D eigenvalue weighted by Crippen LogP contribution is -2.54. The van der Waals surface area contributed by atoms with Gasteiger partial charge in [-0.05, 0) is 64.4 Å². The van der Waals surface area contributed by atoms with Crippen molar-refractivity contribution in [2.75, 3.05) is 25.1 Å². The lowest BCUT2D eigenvalue weighted by atomic mass is 10.1. The van der Waals surface area contributed by atoms with Gasteiger partial charge < -0.3 is 19.7 Å². The number of carbonyl (C=O) groups excluding carboxylic acids is 2. The van der Waals surface area contributed by atoms with Crippen LogP contribution in [0.3, 0.4) is 0 Å². The highest BCUT2D eigenvalue weighted by atomic mass is 32.2. The molecule has 41 heavy (non-hydrogen) atoms. The van der Waals surface area contributed by atoms with Gasteiger partial charge in [0, 0.05) is 18.2 Å². The Morgan fingerprint density at radius 3 is 2.15 bits per heavy atom. The fourth-order valence-electron chi connectivity index (χ4n) is 4.29. The summed E-state index contributed by atoms with van der Waals surface area (Å²) in [5, 5.41) is 2.93. The van der Waals surface area contributed by atoms with E-state index in [1.54, 1.807) is 37.3 Å². The van der Waals surface area contributed by atoms with Crippen molar-refractivity contribution in [2.24, 2.45) is 0 Å². The van der Waals surface area contributed by atoms with Gasteiger partial charge in [-0.15, -0.1) is 0 Å². The Kier molecular flexibility index (Phi) is 10.0. The fraction of sp³-hybridized carbons (Fsp3) is 0.355. The number of anilines is 1. The van der Waals surface area contributed by atoms with E-state index in [0.717, 1.165) is 15.4 Å². The van der Waals surface area contributed by atoms with Gasteiger partial charge in [0.25, 0.3) is 10.0 Å². The summed E-state index contributed by atoms with van der Waals surface area (Å²) < 4.78 is 39.6. The van der Waals surface area contributed by atoms with E-state index in [0.29, 0.717) is 11.5 Å². The molecule has 3 aromatic carbocycles. The van der Waals surface area contributed by atoms with Crippen molar-refractivity contribution in [3.05, 3.63) is 83.9 Å². The van der Waals surface area contributed by atoms with Gasteiger partial charge in [0.15, 0.2) is 11.5 Å². The lowest BCUT2D eigenvalue weighted by molar-refractivity contribution is -0.140. The van der Waals surface area contributed by atoms with Crippen LogP contribution in [0.15, 0.2) is 77.7 Å². The largest absolute Gasteiger partial charge is 0.493 e. The molecule has 0 fully saturated rings. The summed E-state index contributed by atoms with van der Waals surface area (Å²) in [6, 6.07) is 19.3. The molecule has 0 unspecified atom stereocenters. The fourth-order valence-corrected chi connectivity index (χ4v) is 5.72. The molecule has 0 saturated heterocycles. The monoisotopic (exact) mass is 581 g/mol. The van der Waals surface area contributed by atoms with Crippen LogP contribution < -0.4 is 19.1 Å². The summed E-state index contributed by atoms with van der Waals surface area (Å²) in [6.07, 6.45) is 0. The Labute approximate surface area is 243 Å². The first kappa shape index (κ1) is 31.5. The molecule has 0 radical (unpaired) electrons. The van der Waals surface area contributed by atoms with Crippen molar-refractivity contribution in [3.63, 3.8) is 0 Å². The van der Waals surface area contributed by atoms with Crippen LogP contribution in [-0.4, -0.2) is 57.5 Å². The van der Waals surface area contributed by atoms with Crippen LogP contribution in [0.4, 0.5) is 5.69 Å². The molecule has 0 aliphatic rings. The van der Waals surface area contributed by atoms with Crippen LogP contribution >= 0.6 is 0 Å². The summed E-state index contributed by atoms with van der Waals surface area (Å²) >= 11 is 0.